The molecule has 10 heteroatoms. The first-order chi connectivity index (χ1) is 15.3. The topological polar surface area (TPSA) is 124 Å². The molecule has 0 radical (unpaired) electrons. The minimum atomic E-state index is -3.83. The van der Waals surface area contributed by atoms with Crippen molar-refractivity contribution in [3.8, 4) is 6.07 Å². The minimum absolute atomic E-state index is 0.126. The van der Waals surface area contributed by atoms with E-state index < -0.39 is 22.0 Å². The zero-order valence-electron chi connectivity index (χ0n) is 17.4. The molecule has 3 aromatic rings. The van der Waals surface area contributed by atoms with Gasteiger partial charge in [-0.3, -0.25) is 9.59 Å². The molecule has 3 rings (SSSR count). The number of hydrogen-bond donors (Lipinski definition) is 2. The van der Waals surface area contributed by atoms with Gasteiger partial charge in [-0.1, -0.05) is 36.4 Å². The fraction of sp³-hybridized carbons (Fsp3) is 0.136. The second-order valence-corrected chi connectivity index (χ2v) is 8.93. The fourth-order valence-electron chi connectivity index (χ4n) is 2.97. The summed E-state index contributed by atoms with van der Waals surface area (Å²) < 4.78 is 27.7. The number of nitriles is 1. The number of nitrogens with zero attached hydrogens (tertiary/aromatic N) is 3. The van der Waals surface area contributed by atoms with E-state index in [-0.39, 0.29) is 12.2 Å². The number of para-hydroxylation sites is 1. The summed E-state index contributed by atoms with van der Waals surface area (Å²) in [6.45, 7) is -0.256. The van der Waals surface area contributed by atoms with Gasteiger partial charge in [0.05, 0.1) is 11.6 Å². The monoisotopic (exact) mass is 451 g/mol. The Bertz CT molecular complexity index is 1340. The van der Waals surface area contributed by atoms with Crippen molar-refractivity contribution in [1.29, 1.82) is 5.26 Å². The average Bonchev–Trinajstić information content (AvgIpc) is 3.16. The first-order valence-electron chi connectivity index (χ1n) is 9.52. The van der Waals surface area contributed by atoms with Crippen molar-refractivity contribution in [1.82, 2.24) is 18.9 Å². The highest BCUT2D eigenvalue weighted by molar-refractivity contribution is 7.87. The van der Waals surface area contributed by atoms with Crippen LogP contribution in [-0.4, -0.2) is 49.1 Å². The Kier molecular flexibility index (Phi) is 6.73. The quantitative estimate of drug-likeness (QED) is 0.418. The zero-order valence-corrected chi connectivity index (χ0v) is 18.3. The predicted molar refractivity (Wildman–Crippen MR) is 120 cm³/mol. The van der Waals surface area contributed by atoms with E-state index in [2.05, 4.69) is 10.6 Å². The van der Waals surface area contributed by atoms with Gasteiger partial charge in [0.1, 0.15) is 12.2 Å². The molecule has 0 aliphatic heterocycles. The molecule has 0 aliphatic rings. The minimum Gasteiger partial charge on any atom is -0.338 e. The fourth-order valence-corrected chi connectivity index (χ4v) is 3.98. The van der Waals surface area contributed by atoms with E-state index in [1.54, 1.807) is 54.6 Å². The molecule has 0 saturated carbocycles. The zero-order chi connectivity index (χ0) is 23.3. The number of carbonyl (C=O) groups excluding carboxylic acids is 2. The number of amides is 2. The van der Waals surface area contributed by atoms with Crippen LogP contribution in [0.5, 0.6) is 0 Å². The van der Waals surface area contributed by atoms with Crippen molar-refractivity contribution >= 4 is 39.0 Å². The summed E-state index contributed by atoms with van der Waals surface area (Å²) in [7, 11) is -0.995. The van der Waals surface area contributed by atoms with Crippen molar-refractivity contribution in [2.45, 2.75) is 0 Å². The SMILES string of the molecule is CN(C)S(=O)(=O)n1cc(/C=C(\NC(=O)c2ccccc2)C(=O)NCC#N)c2ccccc21. The van der Waals surface area contributed by atoms with Gasteiger partial charge in [0.15, 0.2) is 0 Å². The lowest BCUT2D eigenvalue weighted by atomic mass is 10.1. The molecule has 164 valence electrons. The van der Waals surface area contributed by atoms with Gasteiger partial charge in [0, 0.05) is 36.8 Å². The van der Waals surface area contributed by atoms with E-state index >= 15 is 0 Å². The van der Waals surface area contributed by atoms with Crippen LogP contribution in [0.4, 0.5) is 0 Å². The van der Waals surface area contributed by atoms with Crippen molar-refractivity contribution in [2.24, 2.45) is 0 Å². The van der Waals surface area contributed by atoms with E-state index in [1.165, 1.54) is 26.4 Å². The Morgan fingerprint density at radius 2 is 1.75 bits per heavy atom. The van der Waals surface area contributed by atoms with Gasteiger partial charge in [-0.25, -0.2) is 3.97 Å². The lowest BCUT2D eigenvalue weighted by Gasteiger charge is -2.13. The highest BCUT2D eigenvalue weighted by Gasteiger charge is 2.21. The van der Waals surface area contributed by atoms with E-state index in [1.807, 2.05) is 6.07 Å². The molecule has 0 aliphatic carbocycles. The molecule has 9 nitrogen and oxygen atoms in total. The van der Waals surface area contributed by atoms with Crippen LogP contribution < -0.4 is 10.6 Å². The maximum Gasteiger partial charge on any atom is 0.307 e. The number of fused-ring (bicyclic) bond motifs is 1. The Labute approximate surface area is 185 Å². The number of carbonyl (C=O) groups is 2. The molecule has 0 saturated heterocycles. The maximum atomic E-state index is 12.8. The largest absolute Gasteiger partial charge is 0.338 e. The summed E-state index contributed by atoms with van der Waals surface area (Å²) in [5.41, 5.74) is 1.03. The van der Waals surface area contributed by atoms with Crippen molar-refractivity contribution in [2.75, 3.05) is 20.6 Å². The molecule has 0 fully saturated rings. The second kappa shape index (κ2) is 9.47. The number of aromatic nitrogens is 1. The Morgan fingerprint density at radius 1 is 1.09 bits per heavy atom. The second-order valence-electron chi connectivity index (χ2n) is 6.91. The molecular weight excluding hydrogens is 430 g/mol. The lowest BCUT2D eigenvalue weighted by molar-refractivity contribution is -0.117. The van der Waals surface area contributed by atoms with Gasteiger partial charge in [0.2, 0.25) is 0 Å². The molecule has 2 aromatic carbocycles. The molecule has 32 heavy (non-hydrogen) atoms. The van der Waals surface area contributed by atoms with Crippen LogP contribution in [0.3, 0.4) is 0 Å². The first-order valence-corrected chi connectivity index (χ1v) is 10.9. The third-order valence-corrected chi connectivity index (χ3v) is 6.30. The standard InChI is InChI=1S/C22H21N5O4S/c1-26(2)32(30,31)27-15-17(18-10-6-7-11-20(18)27)14-19(22(29)24-13-12-23)25-21(28)16-8-4-3-5-9-16/h3-11,14-15H,13H2,1-2H3,(H,24,29)(H,25,28)/b19-14-. The van der Waals surface area contributed by atoms with Crippen LogP contribution in [-0.2, 0) is 15.0 Å². The number of benzene rings is 2. The van der Waals surface area contributed by atoms with Crippen molar-refractivity contribution in [3.05, 3.63) is 77.6 Å². The highest BCUT2D eigenvalue weighted by Crippen LogP contribution is 2.25. The van der Waals surface area contributed by atoms with Gasteiger partial charge < -0.3 is 10.6 Å². The van der Waals surface area contributed by atoms with Gasteiger partial charge in [-0.05, 0) is 24.3 Å². The molecule has 2 N–H and O–H groups in total. The molecule has 1 aromatic heterocycles. The van der Waals surface area contributed by atoms with Gasteiger partial charge in [-0.15, -0.1) is 0 Å². The summed E-state index contributed by atoms with van der Waals surface area (Å²) in [6, 6.07) is 16.9. The van der Waals surface area contributed by atoms with E-state index in [0.29, 0.717) is 22.0 Å². The Hall–Kier alpha value is -3.94. The maximum absolute atomic E-state index is 12.8. The van der Waals surface area contributed by atoms with Crippen molar-refractivity contribution < 1.29 is 18.0 Å². The smallest absolute Gasteiger partial charge is 0.307 e. The molecule has 0 bridgehead atoms. The van der Waals surface area contributed by atoms with Crippen LogP contribution in [0, 0.1) is 11.3 Å². The Balaban J connectivity index is 2.12. The normalized spacial score (nSPS) is 11.9. The van der Waals surface area contributed by atoms with Crippen LogP contribution in [0.1, 0.15) is 15.9 Å². The van der Waals surface area contributed by atoms with Crippen LogP contribution in [0.15, 0.2) is 66.5 Å². The molecule has 0 atom stereocenters. The molecule has 1 heterocycles. The summed E-state index contributed by atoms with van der Waals surface area (Å²) in [6.07, 6.45) is 2.77. The molecule has 0 unspecified atom stereocenters. The van der Waals surface area contributed by atoms with Gasteiger partial charge in [-0.2, -0.15) is 18.0 Å². The first kappa shape index (κ1) is 22.7. The van der Waals surface area contributed by atoms with Gasteiger partial charge in [0.25, 0.3) is 11.8 Å². The van der Waals surface area contributed by atoms with Crippen LogP contribution in [0.2, 0.25) is 0 Å². The predicted octanol–water partition coefficient (Wildman–Crippen LogP) is 1.71. The van der Waals surface area contributed by atoms with Crippen LogP contribution in [0.25, 0.3) is 17.0 Å². The summed E-state index contributed by atoms with van der Waals surface area (Å²) in [4.78, 5) is 25.3. The van der Waals surface area contributed by atoms with E-state index in [0.717, 1.165) is 8.28 Å². The highest BCUT2D eigenvalue weighted by atomic mass is 32.2. The number of rotatable bonds is 7. The Morgan fingerprint density at radius 3 is 2.41 bits per heavy atom. The summed E-state index contributed by atoms with van der Waals surface area (Å²) >= 11 is 0. The summed E-state index contributed by atoms with van der Waals surface area (Å²) in [5, 5.41) is 14.3. The lowest BCUT2D eigenvalue weighted by Crippen LogP contribution is -2.35. The van der Waals surface area contributed by atoms with Crippen LogP contribution >= 0.6 is 0 Å². The average molecular weight is 452 g/mol. The van der Waals surface area contributed by atoms with Gasteiger partial charge >= 0.3 is 10.2 Å². The third-order valence-electron chi connectivity index (χ3n) is 4.58. The molecule has 0 spiro atoms. The third kappa shape index (κ3) is 4.69. The molecule has 2 amide bonds. The van der Waals surface area contributed by atoms with Crippen molar-refractivity contribution in [3.63, 3.8) is 0 Å². The van der Waals surface area contributed by atoms with E-state index in [4.69, 9.17) is 5.26 Å². The molecular formula is C22H21N5O4S. The number of nitrogens with one attached hydrogen (secondary N) is 2. The number of hydrogen-bond acceptors (Lipinski definition) is 5. The van der Waals surface area contributed by atoms with E-state index in [9.17, 15) is 18.0 Å². The summed E-state index contributed by atoms with van der Waals surface area (Å²) in [5.74, 6) is -1.20.